The first kappa shape index (κ1) is 12.4. The second kappa shape index (κ2) is 8.03. The van der Waals surface area contributed by atoms with E-state index in [4.69, 9.17) is 0 Å². The monoisotopic (exact) mass is 182 g/mol. The SMILES string of the molecule is C=CCCCCCC(=O)C(C)CC. The molecule has 0 spiro atoms. The number of hydrogen-bond acceptors (Lipinski definition) is 1. The Morgan fingerprint density at radius 3 is 2.62 bits per heavy atom. The quantitative estimate of drug-likeness (QED) is 0.413. The van der Waals surface area contributed by atoms with Gasteiger partial charge in [0.25, 0.3) is 0 Å². The first-order chi connectivity index (χ1) is 6.22. The molecule has 1 nitrogen and oxygen atoms in total. The summed E-state index contributed by atoms with van der Waals surface area (Å²) in [7, 11) is 0. The van der Waals surface area contributed by atoms with Crippen LogP contribution in [-0.2, 0) is 4.79 Å². The maximum absolute atomic E-state index is 11.4. The van der Waals surface area contributed by atoms with Crippen LogP contribution in [0.3, 0.4) is 0 Å². The minimum absolute atomic E-state index is 0.263. The summed E-state index contributed by atoms with van der Waals surface area (Å²) in [6, 6.07) is 0. The van der Waals surface area contributed by atoms with Gasteiger partial charge < -0.3 is 0 Å². The molecule has 76 valence electrons. The number of unbranched alkanes of at least 4 members (excludes halogenated alkanes) is 3. The molecule has 0 rings (SSSR count). The summed E-state index contributed by atoms with van der Waals surface area (Å²) in [5.74, 6) is 0.695. The van der Waals surface area contributed by atoms with Crippen molar-refractivity contribution in [2.45, 2.75) is 52.4 Å². The smallest absolute Gasteiger partial charge is 0.135 e. The van der Waals surface area contributed by atoms with Gasteiger partial charge in [0.15, 0.2) is 0 Å². The summed E-state index contributed by atoms with van der Waals surface area (Å²) in [6.45, 7) is 7.76. The van der Waals surface area contributed by atoms with Gasteiger partial charge in [-0.15, -0.1) is 6.58 Å². The lowest BCUT2D eigenvalue weighted by Gasteiger charge is -2.06. The van der Waals surface area contributed by atoms with E-state index < -0.39 is 0 Å². The Hall–Kier alpha value is -0.590. The third kappa shape index (κ3) is 6.56. The van der Waals surface area contributed by atoms with Crippen molar-refractivity contribution >= 4 is 5.78 Å². The van der Waals surface area contributed by atoms with Crippen molar-refractivity contribution in [3.05, 3.63) is 12.7 Å². The molecule has 1 atom stereocenters. The molecular weight excluding hydrogens is 160 g/mol. The van der Waals surface area contributed by atoms with Crippen molar-refractivity contribution in [1.82, 2.24) is 0 Å². The molecule has 0 saturated carbocycles. The van der Waals surface area contributed by atoms with Crippen molar-refractivity contribution in [2.75, 3.05) is 0 Å². The van der Waals surface area contributed by atoms with Crippen molar-refractivity contribution in [1.29, 1.82) is 0 Å². The van der Waals surface area contributed by atoms with Gasteiger partial charge in [-0.25, -0.2) is 0 Å². The van der Waals surface area contributed by atoms with Crippen LogP contribution in [0.1, 0.15) is 52.4 Å². The van der Waals surface area contributed by atoms with Crippen LogP contribution in [0, 0.1) is 5.92 Å². The van der Waals surface area contributed by atoms with E-state index in [1.807, 2.05) is 13.0 Å². The van der Waals surface area contributed by atoms with Crippen LogP contribution in [0.25, 0.3) is 0 Å². The molecule has 1 heteroatoms. The molecule has 0 radical (unpaired) electrons. The fourth-order valence-corrected chi connectivity index (χ4v) is 1.24. The number of carbonyl (C=O) groups excluding carboxylic acids is 1. The number of carbonyl (C=O) groups is 1. The van der Waals surface area contributed by atoms with Gasteiger partial charge >= 0.3 is 0 Å². The van der Waals surface area contributed by atoms with E-state index in [2.05, 4.69) is 13.5 Å². The van der Waals surface area contributed by atoms with Gasteiger partial charge in [0.1, 0.15) is 5.78 Å². The zero-order valence-corrected chi connectivity index (χ0v) is 9.01. The average molecular weight is 182 g/mol. The highest BCUT2D eigenvalue weighted by Gasteiger charge is 2.08. The van der Waals surface area contributed by atoms with E-state index in [-0.39, 0.29) is 5.92 Å². The lowest BCUT2D eigenvalue weighted by molar-refractivity contribution is -0.122. The van der Waals surface area contributed by atoms with Crippen LogP contribution in [0.15, 0.2) is 12.7 Å². The zero-order chi connectivity index (χ0) is 10.1. The molecule has 0 heterocycles. The van der Waals surface area contributed by atoms with Crippen molar-refractivity contribution < 1.29 is 4.79 Å². The standard InChI is InChI=1S/C12H22O/c1-4-6-7-8-9-10-12(13)11(3)5-2/h4,11H,1,5-10H2,2-3H3. The molecule has 0 aliphatic rings. The van der Waals surface area contributed by atoms with Crippen molar-refractivity contribution in [3.8, 4) is 0 Å². The fraction of sp³-hybridized carbons (Fsp3) is 0.750. The first-order valence-electron chi connectivity index (χ1n) is 5.36. The van der Waals surface area contributed by atoms with Crippen LogP contribution in [-0.4, -0.2) is 5.78 Å². The first-order valence-corrected chi connectivity index (χ1v) is 5.36. The summed E-state index contributed by atoms with van der Waals surface area (Å²) in [4.78, 5) is 11.4. The molecule has 0 amide bonds. The second-order valence-corrected chi connectivity index (χ2v) is 3.66. The number of allylic oxidation sites excluding steroid dienone is 1. The number of ketones is 1. The lowest BCUT2D eigenvalue weighted by Crippen LogP contribution is -2.09. The number of Topliss-reactive ketones (excluding diaryl/α,β-unsaturated/α-hetero) is 1. The van der Waals surface area contributed by atoms with E-state index in [1.165, 1.54) is 6.42 Å². The van der Waals surface area contributed by atoms with E-state index in [9.17, 15) is 4.79 Å². The zero-order valence-electron chi connectivity index (χ0n) is 9.01. The largest absolute Gasteiger partial charge is 0.299 e. The Balaban J connectivity index is 3.31. The minimum atomic E-state index is 0.263. The van der Waals surface area contributed by atoms with Gasteiger partial charge in [0.2, 0.25) is 0 Å². The maximum atomic E-state index is 11.4. The Labute approximate surface area is 82.2 Å². The predicted octanol–water partition coefficient (Wildman–Crippen LogP) is 3.74. The Morgan fingerprint density at radius 1 is 1.38 bits per heavy atom. The molecule has 0 N–H and O–H groups in total. The van der Waals surface area contributed by atoms with E-state index in [1.54, 1.807) is 0 Å². The molecule has 13 heavy (non-hydrogen) atoms. The summed E-state index contributed by atoms with van der Waals surface area (Å²) in [5.41, 5.74) is 0. The van der Waals surface area contributed by atoms with Gasteiger partial charge in [-0.1, -0.05) is 26.3 Å². The Kier molecular flexibility index (Phi) is 7.66. The third-order valence-corrected chi connectivity index (χ3v) is 2.49. The highest BCUT2D eigenvalue weighted by molar-refractivity contribution is 5.80. The lowest BCUT2D eigenvalue weighted by atomic mass is 9.98. The molecule has 0 aliphatic heterocycles. The Morgan fingerprint density at radius 2 is 2.08 bits per heavy atom. The van der Waals surface area contributed by atoms with Gasteiger partial charge in [0, 0.05) is 12.3 Å². The molecule has 0 aromatic carbocycles. The normalized spacial score (nSPS) is 12.5. The van der Waals surface area contributed by atoms with Gasteiger partial charge in [0.05, 0.1) is 0 Å². The second-order valence-electron chi connectivity index (χ2n) is 3.66. The van der Waals surface area contributed by atoms with Gasteiger partial charge in [-0.3, -0.25) is 4.79 Å². The molecule has 0 saturated heterocycles. The van der Waals surface area contributed by atoms with Crippen LogP contribution >= 0.6 is 0 Å². The van der Waals surface area contributed by atoms with E-state index in [0.29, 0.717) is 5.78 Å². The molecule has 1 unspecified atom stereocenters. The predicted molar refractivity (Wildman–Crippen MR) is 57.7 cm³/mol. The molecule has 0 aliphatic carbocycles. The highest BCUT2D eigenvalue weighted by atomic mass is 16.1. The summed E-state index contributed by atoms with van der Waals surface area (Å²) in [5, 5.41) is 0. The van der Waals surface area contributed by atoms with Crippen LogP contribution < -0.4 is 0 Å². The average Bonchev–Trinajstić information content (AvgIpc) is 2.16. The van der Waals surface area contributed by atoms with Crippen LogP contribution in [0.4, 0.5) is 0 Å². The minimum Gasteiger partial charge on any atom is -0.299 e. The topological polar surface area (TPSA) is 17.1 Å². The van der Waals surface area contributed by atoms with E-state index in [0.717, 1.165) is 32.1 Å². The fourth-order valence-electron chi connectivity index (χ4n) is 1.24. The maximum Gasteiger partial charge on any atom is 0.135 e. The number of rotatable bonds is 8. The molecule has 0 aromatic rings. The van der Waals surface area contributed by atoms with Crippen LogP contribution in [0.5, 0.6) is 0 Å². The molecule has 0 bridgehead atoms. The summed E-state index contributed by atoms with van der Waals surface area (Å²) in [6.07, 6.45) is 8.16. The van der Waals surface area contributed by atoms with Crippen LogP contribution in [0.2, 0.25) is 0 Å². The summed E-state index contributed by atoms with van der Waals surface area (Å²) >= 11 is 0. The molecule has 0 aromatic heterocycles. The van der Waals surface area contributed by atoms with Gasteiger partial charge in [-0.05, 0) is 25.7 Å². The summed E-state index contributed by atoms with van der Waals surface area (Å²) < 4.78 is 0. The molecule has 0 fully saturated rings. The van der Waals surface area contributed by atoms with Gasteiger partial charge in [-0.2, -0.15) is 0 Å². The molecular formula is C12H22O. The van der Waals surface area contributed by atoms with E-state index >= 15 is 0 Å². The van der Waals surface area contributed by atoms with Crippen molar-refractivity contribution in [2.24, 2.45) is 5.92 Å². The van der Waals surface area contributed by atoms with Crippen molar-refractivity contribution in [3.63, 3.8) is 0 Å². The highest BCUT2D eigenvalue weighted by Crippen LogP contribution is 2.10. The number of hydrogen-bond donors (Lipinski definition) is 0. The third-order valence-electron chi connectivity index (χ3n) is 2.49. The Bertz CT molecular complexity index is 149.